The van der Waals surface area contributed by atoms with Crippen molar-refractivity contribution < 1.29 is 19.8 Å². The van der Waals surface area contributed by atoms with Gasteiger partial charge in [0.25, 0.3) is 0 Å². The zero-order valence-electron chi connectivity index (χ0n) is 11.7. The van der Waals surface area contributed by atoms with Crippen LogP contribution in [0, 0.1) is 5.41 Å². The molecule has 21 heavy (non-hydrogen) atoms. The smallest absolute Gasteiger partial charge is 0.311 e. The Morgan fingerprint density at radius 1 is 1.29 bits per heavy atom. The number of carboxylic acid groups (broad SMARTS) is 1. The number of nitrogens with one attached hydrogen (secondary N) is 1. The van der Waals surface area contributed by atoms with E-state index in [-0.39, 0.29) is 18.2 Å². The van der Waals surface area contributed by atoms with Gasteiger partial charge in [-0.2, -0.15) is 0 Å². The summed E-state index contributed by atoms with van der Waals surface area (Å²) in [5.41, 5.74) is 5.86. The minimum Gasteiger partial charge on any atom is -0.508 e. The number of carbonyl (C=O) groups excluding carboxylic acids is 1. The standard InChI is InChI=1S/C15H20N2O4/c16-12(8-10-2-4-11(18)5-3-10)13(19)17-9-15(14(20)21)6-1-7-15/h2-5,12,18H,1,6-9,16H2,(H,17,19)(H,20,21)/t12-/m0/s1. The van der Waals surface area contributed by atoms with Crippen molar-refractivity contribution in [2.45, 2.75) is 31.7 Å². The van der Waals surface area contributed by atoms with Crippen LogP contribution in [0.2, 0.25) is 0 Å². The lowest BCUT2D eigenvalue weighted by atomic mass is 9.69. The molecule has 6 heteroatoms. The Morgan fingerprint density at radius 2 is 1.90 bits per heavy atom. The zero-order valence-corrected chi connectivity index (χ0v) is 11.7. The third-order valence-electron chi connectivity index (χ3n) is 4.09. The molecule has 1 aromatic carbocycles. The van der Waals surface area contributed by atoms with Gasteiger partial charge in [-0.1, -0.05) is 18.6 Å². The molecule has 114 valence electrons. The van der Waals surface area contributed by atoms with Crippen LogP contribution in [0.1, 0.15) is 24.8 Å². The van der Waals surface area contributed by atoms with E-state index in [2.05, 4.69) is 5.32 Å². The molecule has 1 atom stereocenters. The summed E-state index contributed by atoms with van der Waals surface area (Å²) in [5, 5.41) is 21.0. The highest BCUT2D eigenvalue weighted by molar-refractivity contribution is 5.83. The number of amides is 1. The highest BCUT2D eigenvalue weighted by atomic mass is 16.4. The van der Waals surface area contributed by atoms with Crippen LogP contribution >= 0.6 is 0 Å². The van der Waals surface area contributed by atoms with Crippen LogP contribution in [0.25, 0.3) is 0 Å². The molecule has 6 nitrogen and oxygen atoms in total. The molecule has 5 N–H and O–H groups in total. The average Bonchev–Trinajstić information content (AvgIpc) is 2.39. The molecule has 0 radical (unpaired) electrons. The lowest BCUT2D eigenvalue weighted by Crippen LogP contribution is -2.51. The Balaban J connectivity index is 1.85. The topological polar surface area (TPSA) is 113 Å². The van der Waals surface area contributed by atoms with Crippen molar-refractivity contribution in [2.75, 3.05) is 6.54 Å². The molecule has 1 aromatic rings. The first-order valence-electron chi connectivity index (χ1n) is 6.97. The summed E-state index contributed by atoms with van der Waals surface area (Å²) >= 11 is 0. The van der Waals surface area contributed by atoms with Gasteiger partial charge in [0, 0.05) is 6.54 Å². The fourth-order valence-corrected chi connectivity index (χ4v) is 2.44. The van der Waals surface area contributed by atoms with E-state index in [1.54, 1.807) is 12.1 Å². The van der Waals surface area contributed by atoms with E-state index in [9.17, 15) is 19.8 Å². The Hall–Kier alpha value is -2.08. The van der Waals surface area contributed by atoms with E-state index in [1.807, 2.05) is 0 Å². The summed E-state index contributed by atoms with van der Waals surface area (Å²) in [5.74, 6) is -1.05. The van der Waals surface area contributed by atoms with Crippen LogP contribution in [-0.2, 0) is 16.0 Å². The first-order valence-corrected chi connectivity index (χ1v) is 6.97. The van der Waals surface area contributed by atoms with Gasteiger partial charge in [-0.25, -0.2) is 0 Å². The lowest BCUT2D eigenvalue weighted by Gasteiger charge is -2.37. The molecule has 0 heterocycles. The summed E-state index contributed by atoms with van der Waals surface area (Å²) in [4.78, 5) is 23.1. The second-order valence-corrected chi connectivity index (χ2v) is 5.63. The third kappa shape index (κ3) is 3.52. The van der Waals surface area contributed by atoms with Gasteiger partial charge in [0.05, 0.1) is 11.5 Å². The second-order valence-electron chi connectivity index (χ2n) is 5.63. The van der Waals surface area contributed by atoms with Gasteiger partial charge >= 0.3 is 5.97 Å². The molecular weight excluding hydrogens is 272 g/mol. The number of aromatic hydroxyl groups is 1. The van der Waals surface area contributed by atoms with Crippen LogP contribution in [0.4, 0.5) is 0 Å². The number of phenolic OH excluding ortho intramolecular Hbond substituents is 1. The molecule has 1 saturated carbocycles. The van der Waals surface area contributed by atoms with Gasteiger partial charge < -0.3 is 21.3 Å². The minimum atomic E-state index is -0.860. The van der Waals surface area contributed by atoms with Crippen LogP contribution in [0.5, 0.6) is 5.75 Å². The number of phenols is 1. The fraction of sp³-hybridized carbons (Fsp3) is 0.467. The third-order valence-corrected chi connectivity index (χ3v) is 4.09. The van der Waals surface area contributed by atoms with Gasteiger partial charge in [-0.05, 0) is 37.0 Å². The van der Waals surface area contributed by atoms with Crippen molar-refractivity contribution in [2.24, 2.45) is 11.1 Å². The van der Waals surface area contributed by atoms with Crippen molar-refractivity contribution in [1.82, 2.24) is 5.32 Å². The van der Waals surface area contributed by atoms with Crippen molar-refractivity contribution in [3.63, 3.8) is 0 Å². The van der Waals surface area contributed by atoms with Crippen LogP contribution < -0.4 is 11.1 Å². The lowest BCUT2D eigenvalue weighted by molar-refractivity contribution is -0.154. The molecule has 0 saturated heterocycles. The Morgan fingerprint density at radius 3 is 2.38 bits per heavy atom. The molecule has 1 fully saturated rings. The van der Waals surface area contributed by atoms with Gasteiger partial charge in [-0.3, -0.25) is 9.59 Å². The maximum atomic E-state index is 11.9. The van der Waals surface area contributed by atoms with E-state index < -0.39 is 17.4 Å². The molecule has 0 bridgehead atoms. The van der Waals surface area contributed by atoms with Crippen molar-refractivity contribution in [3.8, 4) is 5.75 Å². The summed E-state index contributed by atoms with van der Waals surface area (Å²) in [6.07, 6.45) is 2.40. The number of carbonyl (C=O) groups is 2. The molecule has 0 spiro atoms. The number of benzene rings is 1. The normalized spacial score (nSPS) is 17.6. The number of nitrogens with two attached hydrogens (primary N) is 1. The van der Waals surface area contributed by atoms with Crippen molar-refractivity contribution in [3.05, 3.63) is 29.8 Å². The number of hydrogen-bond acceptors (Lipinski definition) is 4. The average molecular weight is 292 g/mol. The molecule has 1 aliphatic carbocycles. The predicted molar refractivity (Wildman–Crippen MR) is 76.7 cm³/mol. The van der Waals surface area contributed by atoms with Crippen molar-refractivity contribution >= 4 is 11.9 Å². The van der Waals surface area contributed by atoms with E-state index in [4.69, 9.17) is 5.73 Å². The molecule has 0 aliphatic heterocycles. The number of aliphatic carboxylic acids is 1. The Kier molecular flexibility index (Phi) is 4.47. The van der Waals surface area contributed by atoms with E-state index >= 15 is 0 Å². The summed E-state index contributed by atoms with van der Waals surface area (Å²) in [6, 6.07) is 5.74. The maximum Gasteiger partial charge on any atom is 0.311 e. The second kappa shape index (κ2) is 6.13. The van der Waals surface area contributed by atoms with Crippen LogP contribution in [0.3, 0.4) is 0 Å². The summed E-state index contributed by atoms with van der Waals surface area (Å²) < 4.78 is 0. The van der Waals surface area contributed by atoms with E-state index in [0.29, 0.717) is 19.3 Å². The highest BCUT2D eigenvalue weighted by Crippen LogP contribution is 2.40. The van der Waals surface area contributed by atoms with Gasteiger partial charge in [0.15, 0.2) is 0 Å². The first-order chi connectivity index (χ1) is 9.93. The molecule has 0 unspecified atom stereocenters. The molecular formula is C15H20N2O4. The monoisotopic (exact) mass is 292 g/mol. The number of carboxylic acids is 1. The largest absolute Gasteiger partial charge is 0.508 e. The van der Waals surface area contributed by atoms with Gasteiger partial charge in [0.1, 0.15) is 5.75 Å². The zero-order chi connectivity index (χ0) is 15.5. The number of rotatable bonds is 6. The van der Waals surface area contributed by atoms with Gasteiger partial charge in [-0.15, -0.1) is 0 Å². The highest BCUT2D eigenvalue weighted by Gasteiger charge is 2.44. The number of hydrogen-bond donors (Lipinski definition) is 4. The van der Waals surface area contributed by atoms with Crippen LogP contribution in [0.15, 0.2) is 24.3 Å². The van der Waals surface area contributed by atoms with E-state index in [0.717, 1.165) is 12.0 Å². The van der Waals surface area contributed by atoms with E-state index in [1.165, 1.54) is 12.1 Å². The molecule has 1 amide bonds. The van der Waals surface area contributed by atoms with Crippen molar-refractivity contribution in [1.29, 1.82) is 0 Å². The molecule has 1 aliphatic rings. The summed E-state index contributed by atoms with van der Waals surface area (Å²) in [6.45, 7) is 0.129. The predicted octanol–water partition coefficient (Wildman–Crippen LogP) is 0.633. The molecule has 0 aromatic heterocycles. The molecule has 2 rings (SSSR count). The van der Waals surface area contributed by atoms with Crippen LogP contribution in [-0.4, -0.2) is 34.7 Å². The minimum absolute atomic E-state index is 0.129. The fourth-order valence-electron chi connectivity index (χ4n) is 2.44. The Bertz CT molecular complexity index is 523. The Labute approximate surface area is 123 Å². The SMILES string of the molecule is N[C@@H](Cc1ccc(O)cc1)C(=O)NCC1(C(=O)O)CCC1. The summed E-state index contributed by atoms with van der Waals surface area (Å²) in [7, 11) is 0. The first kappa shape index (κ1) is 15.3. The quantitative estimate of drug-likeness (QED) is 0.614. The van der Waals surface area contributed by atoms with Gasteiger partial charge in [0.2, 0.25) is 5.91 Å². The maximum absolute atomic E-state index is 11.9.